The molecule has 116 valence electrons. The Balaban J connectivity index is 1.68. The van der Waals surface area contributed by atoms with E-state index >= 15 is 0 Å². The normalized spacial score (nSPS) is 18.7. The lowest BCUT2D eigenvalue weighted by molar-refractivity contribution is -0.116. The first-order valence-corrected chi connectivity index (χ1v) is 7.58. The van der Waals surface area contributed by atoms with Crippen LogP contribution in [0.4, 0.5) is 10.1 Å². The van der Waals surface area contributed by atoms with Gasteiger partial charge in [-0.1, -0.05) is 6.07 Å². The van der Waals surface area contributed by atoms with Crippen molar-refractivity contribution < 1.29 is 9.18 Å². The van der Waals surface area contributed by atoms with Gasteiger partial charge in [-0.3, -0.25) is 4.79 Å². The zero-order valence-corrected chi connectivity index (χ0v) is 12.6. The fraction of sp³-hybridized carbons (Fsp3) is 0.562. The maximum absolute atomic E-state index is 13.0. The number of amides is 1. The quantitative estimate of drug-likeness (QED) is 0.844. The summed E-state index contributed by atoms with van der Waals surface area (Å²) in [5.41, 5.74) is 0.513. The first-order valence-electron chi connectivity index (χ1n) is 7.58. The van der Waals surface area contributed by atoms with Crippen molar-refractivity contribution in [2.75, 3.05) is 38.5 Å². The fourth-order valence-corrected chi connectivity index (χ4v) is 2.69. The highest BCUT2D eigenvalue weighted by atomic mass is 19.1. The molecule has 1 unspecified atom stereocenters. The molecule has 0 bridgehead atoms. The summed E-state index contributed by atoms with van der Waals surface area (Å²) >= 11 is 0. The van der Waals surface area contributed by atoms with Crippen molar-refractivity contribution in [2.24, 2.45) is 5.92 Å². The van der Waals surface area contributed by atoms with Crippen LogP contribution < -0.4 is 10.6 Å². The highest BCUT2D eigenvalue weighted by molar-refractivity contribution is 5.90. The first kappa shape index (κ1) is 15.9. The Labute approximate surface area is 125 Å². The second-order valence-electron chi connectivity index (χ2n) is 5.78. The number of anilines is 1. The van der Waals surface area contributed by atoms with E-state index in [9.17, 15) is 9.18 Å². The smallest absolute Gasteiger partial charge is 0.225 e. The van der Waals surface area contributed by atoms with Gasteiger partial charge in [-0.25, -0.2) is 4.39 Å². The molecule has 2 rings (SSSR count). The molecule has 1 heterocycles. The lowest BCUT2D eigenvalue weighted by Gasteiger charge is -2.27. The highest BCUT2D eigenvalue weighted by Gasteiger charge is 2.15. The zero-order valence-electron chi connectivity index (χ0n) is 12.6. The molecular formula is C16H24FN3O. The van der Waals surface area contributed by atoms with Crippen molar-refractivity contribution in [3.8, 4) is 0 Å². The number of nitrogens with one attached hydrogen (secondary N) is 2. The Bertz CT molecular complexity index is 461. The van der Waals surface area contributed by atoms with Gasteiger partial charge in [-0.2, -0.15) is 0 Å². The molecule has 0 aliphatic carbocycles. The molecule has 0 radical (unpaired) electrons. The number of rotatable bonds is 6. The minimum absolute atomic E-state index is 0.0748. The van der Waals surface area contributed by atoms with Crippen molar-refractivity contribution in [3.05, 3.63) is 30.1 Å². The number of carbonyl (C=O) groups excluding carboxylic acids is 1. The number of nitrogens with zero attached hydrogens (tertiary/aromatic N) is 1. The van der Waals surface area contributed by atoms with Gasteiger partial charge in [0.2, 0.25) is 5.91 Å². The predicted octanol–water partition coefficient (Wildman–Crippen LogP) is 2.09. The monoisotopic (exact) mass is 293 g/mol. The van der Waals surface area contributed by atoms with Crippen LogP contribution in [0.2, 0.25) is 0 Å². The van der Waals surface area contributed by atoms with Crippen LogP contribution in [0, 0.1) is 11.7 Å². The summed E-state index contributed by atoms with van der Waals surface area (Å²) in [6.07, 6.45) is 2.92. The third-order valence-corrected chi connectivity index (χ3v) is 3.80. The van der Waals surface area contributed by atoms with E-state index in [1.807, 2.05) is 7.05 Å². The van der Waals surface area contributed by atoms with E-state index in [0.717, 1.165) is 26.2 Å². The standard InChI is InChI=1S/C16H24FN3O/c1-20(12-13-4-3-8-18-11-13)9-7-16(21)19-15-6-2-5-14(17)10-15/h2,5-6,10,13,18H,3-4,7-9,11-12H2,1H3,(H,19,21). The molecule has 1 atom stereocenters. The summed E-state index contributed by atoms with van der Waals surface area (Å²) in [4.78, 5) is 14.0. The average Bonchev–Trinajstić information content (AvgIpc) is 2.46. The minimum atomic E-state index is -0.338. The molecule has 1 fully saturated rings. The van der Waals surface area contributed by atoms with E-state index in [0.29, 0.717) is 18.0 Å². The number of piperidine rings is 1. The molecule has 0 aromatic heterocycles. The molecule has 0 saturated carbocycles. The second kappa shape index (κ2) is 8.10. The lowest BCUT2D eigenvalue weighted by Crippen LogP contribution is -2.37. The molecule has 1 aliphatic rings. The summed E-state index contributed by atoms with van der Waals surface area (Å²) in [5, 5.41) is 6.13. The van der Waals surface area contributed by atoms with E-state index < -0.39 is 0 Å². The predicted molar refractivity (Wildman–Crippen MR) is 82.7 cm³/mol. The van der Waals surface area contributed by atoms with Gasteiger partial charge in [0.1, 0.15) is 5.82 Å². The number of hydrogen-bond acceptors (Lipinski definition) is 3. The van der Waals surface area contributed by atoms with Crippen LogP contribution in [0.1, 0.15) is 19.3 Å². The van der Waals surface area contributed by atoms with Crippen molar-refractivity contribution in [1.82, 2.24) is 10.2 Å². The van der Waals surface area contributed by atoms with Gasteiger partial charge in [-0.15, -0.1) is 0 Å². The maximum atomic E-state index is 13.0. The lowest BCUT2D eigenvalue weighted by atomic mass is 9.99. The van der Waals surface area contributed by atoms with Crippen LogP contribution in [-0.4, -0.2) is 44.0 Å². The Morgan fingerprint density at radius 2 is 2.38 bits per heavy atom. The largest absolute Gasteiger partial charge is 0.326 e. The average molecular weight is 293 g/mol. The zero-order chi connectivity index (χ0) is 15.1. The molecule has 1 aromatic rings. The summed E-state index contributed by atoms with van der Waals surface area (Å²) in [5.74, 6) is 0.263. The number of hydrogen-bond donors (Lipinski definition) is 2. The molecule has 5 heteroatoms. The van der Waals surface area contributed by atoms with E-state index in [-0.39, 0.29) is 11.7 Å². The third kappa shape index (κ3) is 5.81. The number of halogens is 1. The van der Waals surface area contributed by atoms with Gasteiger partial charge in [-0.05, 0) is 57.1 Å². The SMILES string of the molecule is CN(CCC(=O)Nc1cccc(F)c1)CC1CCCNC1. The van der Waals surface area contributed by atoms with Crippen LogP contribution >= 0.6 is 0 Å². The number of benzene rings is 1. The van der Waals surface area contributed by atoms with Crippen molar-refractivity contribution in [3.63, 3.8) is 0 Å². The van der Waals surface area contributed by atoms with Crippen LogP contribution in [0.15, 0.2) is 24.3 Å². The number of carbonyl (C=O) groups is 1. The first-order chi connectivity index (χ1) is 10.1. The molecular weight excluding hydrogens is 269 g/mol. The van der Waals surface area contributed by atoms with Crippen LogP contribution in [0.5, 0.6) is 0 Å². The van der Waals surface area contributed by atoms with Gasteiger partial charge in [0, 0.05) is 25.2 Å². The van der Waals surface area contributed by atoms with E-state index in [2.05, 4.69) is 15.5 Å². The summed E-state index contributed by atoms with van der Waals surface area (Å²) in [6.45, 7) is 3.92. The summed E-state index contributed by atoms with van der Waals surface area (Å²) < 4.78 is 13.0. The molecule has 21 heavy (non-hydrogen) atoms. The van der Waals surface area contributed by atoms with Gasteiger partial charge in [0.15, 0.2) is 0 Å². The van der Waals surface area contributed by atoms with E-state index in [1.165, 1.54) is 25.0 Å². The molecule has 1 aromatic carbocycles. The summed E-state index contributed by atoms with van der Waals surface area (Å²) in [7, 11) is 2.05. The summed E-state index contributed by atoms with van der Waals surface area (Å²) in [6, 6.07) is 5.97. The van der Waals surface area contributed by atoms with Gasteiger partial charge in [0.05, 0.1) is 0 Å². The topological polar surface area (TPSA) is 44.4 Å². The van der Waals surface area contributed by atoms with Gasteiger partial charge >= 0.3 is 0 Å². The van der Waals surface area contributed by atoms with Gasteiger partial charge < -0.3 is 15.5 Å². The van der Waals surface area contributed by atoms with Crippen molar-refractivity contribution >= 4 is 11.6 Å². The minimum Gasteiger partial charge on any atom is -0.326 e. The van der Waals surface area contributed by atoms with E-state index in [1.54, 1.807) is 12.1 Å². The Kier molecular flexibility index (Phi) is 6.14. The maximum Gasteiger partial charge on any atom is 0.225 e. The highest BCUT2D eigenvalue weighted by Crippen LogP contribution is 2.12. The Morgan fingerprint density at radius 1 is 1.52 bits per heavy atom. The molecule has 4 nitrogen and oxygen atoms in total. The molecule has 0 spiro atoms. The van der Waals surface area contributed by atoms with Crippen LogP contribution in [-0.2, 0) is 4.79 Å². The Morgan fingerprint density at radius 3 is 3.10 bits per heavy atom. The van der Waals surface area contributed by atoms with Gasteiger partial charge in [0.25, 0.3) is 0 Å². The molecule has 1 aliphatic heterocycles. The molecule has 2 N–H and O–H groups in total. The molecule has 1 amide bonds. The fourth-order valence-electron chi connectivity index (χ4n) is 2.69. The third-order valence-electron chi connectivity index (χ3n) is 3.80. The van der Waals surface area contributed by atoms with Crippen LogP contribution in [0.3, 0.4) is 0 Å². The Hall–Kier alpha value is -1.46. The van der Waals surface area contributed by atoms with Crippen LogP contribution in [0.25, 0.3) is 0 Å². The molecule has 1 saturated heterocycles. The van der Waals surface area contributed by atoms with E-state index in [4.69, 9.17) is 0 Å². The second-order valence-corrected chi connectivity index (χ2v) is 5.78. The van der Waals surface area contributed by atoms with Crippen molar-refractivity contribution in [1.29, 1.82) is 0 Å². The van der Waals surface area contributed by atoms with Crippen molar-refractivity contribution in [2.45, 2.75) is 19.3 Å².